The van der Waals surface area contributed by atoms with Crippen molar-refractivity contribution in [2.45, 2.75) is 26.4 Å². The lowest BCUT2D eigenvalue weighted by Gasteiger charge is -2.05. The second-order valence-corrected chi connectivity index (χ2v) is 3.26. The van der Waals surface area contributed by atoms with E-state index < -0.39 is 0 Å². The SMILES string of the molecule is COCCn1ccc(NC(C)C)n1. The van der Waals surface area contributed by atoms with Crippen molar-refractivity contribution >= 4 is 5.82 Å². The molecular weight excluding hydrogens is 166 g/mol. The Morgan fingerprint density at radius 2 is 2.38 bits per heavy atom. The number of anilines is 1. The molecule has 0 spiro atoms. The topological polar surface area (TPSA) is 39.1 Å². The molecule has 0 fully saturated rings. The number of methoxy groups -OCH3 is 1. The average molecular weight is 183 g/mol. The highest BCUT2D eigenvalue weighted by atomic mass is 16.5. The number of aromatic nitrogens is 2. The van der Waals surface area contributed by atoms with Crippen LogP contribution in [0.3, 0.4) is 0 Å². The summed E-state index contributed by atoms with van der Waals surface area (Å²) in [6, 6.07) is 2.39. The third-order valence-corrected chi connectivity index (χ3v) is 1.60. The second-order valence-electron chi connectivity index (χ2n) is 3.26. The molecule has 1 aromatic rings. The van der Waals surface area contributed by atoms with E-state index in [0.717, 1.165) is 12.4 Å². The summed E-state index contributed by atoms with van der Waals surface area (Å²) in [7, 11) is 1.69. The van der Waals surface area contributed by atoms with Crippen LogP contribution in [0.15, 0.2) is 12.3 Å². The third-order valence-electron chi connectivity index (χ3n) is 1.60. The van der Waals surface area contributed by atoms with Crippen LogP contribution in [-0.2, 0) is 11.3 Å². The average Bonchev–Trinajstić information content (AvgIpc) is 2.48. The maximum absolute atomic E-state index is 4.95. The molecule has 1 N–H and O–H groups in total. The van der Waals surface area contributed by atoms with Crippen LogP contribution < -0.4 is 5.32 Å². The summed E-state index contributed by atoms with van der Waals surface area (Å²) < 4.78 is 6.82. The van der Waals surface area contributed by atoms with E-state index in [1.807, 2.05) is 16.9 Å². The van der Waals surface area contributed by atoms with Crippen molar-refractivity contribution < 1.29 is 4.74 Å². The Hall–Kier alpha value is -1.03. The fourth-order valence-electron chi connectivity index (χ4n) is 1.04. The first-order chi connectivity index (χ1) is 6.22. The van der Waals surface area contributed by atoms with Crippen LogP contribution >= 0.6 is 0 Å². The summed E-state index contributed by atoms with van der Waals surface area (Å²) in [6.45, 7) is 5.68. The summed E-state index contributed by atoms with van der Waals surface area (Å²) in [5.74, 6) is 0.922. The Balaban J connectivity index is 2.44. The van der Waals surface area contributed by atoms with E-state index in [1.165, 1.54) is 0 Å². The van der Waals surface area contributed by atoms with Crippen molar-refractivity contribution in [1.82, 2.24) is 9.78 Å². The Labute approximate surface area is 78.9 Å². The standard InChI is InChI=1S/C9H17N3O/c1-8(2)10-9-4-5-12(11-9)6-7-13-3/h4-5,8H,6-7H2,1-3H3,(H,10,11). The molecular formula is C9H17N3O. The maximum atomic E-state index is 4.95. The highest BCUT2D eigenvalue weighted by molar-refractivity contribution is 5.32. The molecule has 0 aromatic carbocycles. The Bertz CT molecular complexity index is 245. The molecule has 0 amide bonds. The first kappa shape index (κ1) is 10.1. The number of ether oxygens (including phenoxy) is 1. The van der Waals surface area contributed by atoms with Gasteiger partial charge in [-0.25, -0.2) is 0 Å². The lowest BCUT2D eigenvalue weighted by atomic mass is 10.4. The van der Waals surface area contributed by atoms with Gasteiger partial charge in [0, 0.05) is 25.4 Å². The lowest BCUT2D eigenvalue weighted by Crippen LogP contribution is -2.11. The molecule has 1 heterocycles. The van der Waals surface area contributed by atoms with Gasteiger partial charge in [-0.15, -0.1) is 0 Å². The van der Waals surface area contributed by atoms with Gasteiger partial charge in [-0.2, -0.15) is 5.10 Å². The zero-order chi connectivity index (χ0) is 9.68. The molecule has 4 heteroatoms. The van der Waals surface area contributed by atoms with Crippen LogP contribution in [0.4, 0.5) is 5.82 Å². The van der Waals surface area contributed by atoms with E-state index >= 15 is 0 Å². The summed E-state index contributed by atoms with van der Waals surface area (Å²) in [4.78, 5) is 0. The van der Waals surface area contributed by atoms with Crippen LogP contribution in [0.25, 0.3) is 0 Å². The summed E-state index contributed by atoms with van der Waals surface area (Å²) in [5, 5.41) is 7.54. The minimum atomic E-state index is 0.422. The smallest absolute Gasteiger partial charge is 0.148 e. The van der Waals surface area contributed by atoms with Gasteiger partial charge < -0.3 is 10.1 Å². The van der Waals surface area contributed by atoms with E-state index in [0.29, 0.717) is 12.6 Å². The molecule has 0 saturated heterocycles. The maximum Gasteiger partial charge on any atom is 0.148 e. The minimum Gasteiger partial charge on any atom is -0.383 e. The fourth-order valence-corrected chi connectivity index (χ4v) is 1.04. The molecule has 4 nitrogen and oxygen atoms in total. The van der Waals surface area contributed by atoms with Gasteiger partial charge in [0.25, 0.3) is 0 Å². The Morgan fingerprint density at radius 3 is 3.00 bits per heavy atom. The largest absolute Gasteiger partial charge is 0.383 e. The van der Waals surface area contributed by atoms with E-state index in [1.54, 1.807) is 7.11 Å². The van der Waals surface area contributed by atoms with Crippen LogP contribution in [0.2, 0.25) is 0 Å². The molecule has 74 valence electrons. The van der Waals surface area contributed by atoms with Crippen molar-refractivity contribution in [2.75, 3.05) is 19.0 Å². The molecule has 0 atom stereocenters. The minimum absolute atomic E-state index is 0.422. The quantitative estimate of drug-likeness (QED) is 0.749. The number of nitrogens with one attached hydrogen (secondary N) is 1. The van der Waals surface area contributed by atoms with Crippen LogP contribution in [0, 0.1) is 0 Å². The Morgan fingerprint density at radius 1 is 1.62 bits per heavy atom. The highest BCUT2D eigenvalue weighted by Gasteiger charge is 1.99. The summed E-state index contributed by atoms with van der Waals surface area (Å²) in [6.07, 6.45) is 1.95. The zero-order valence-electron chi connectivity index (χ0n) is 8.45. The van der Waals surface area contributed by atoms with Gasteiger partial charge in [-0.1, -0.05) is 0 Å². The van der Waals surface area contributed by atoms with E-state index in [4.69, 9.17) is 4.74 Å². The molecule has 0 unspecified atom stereocenters. The van der Waals surface area contributed by atoms with E-state index in [2.05, 4.69) is 24.3 Å². The number of hydrogen-bond acceptors (Lipinski definition) is 3. The van der Waals surface area contributed by atoms with Gasteiger partial charge >= 0.3 is 0 Å². The molecule has 0 bridgehead atoms. The fraction of sp³-hybridized carbons (Fsp3) is 0.667. The van der Waals surface area contributed by atoms with Gasteiger partial charge in [0.1, 0.15) is 5.82 Å². The van der Waals surface area contributed by atoms with E-state index in [9.17, 15) is 0 Å². The van der Waals surface area contributed by atoms with Gasteiger partial charge in [0.05, 0.1) is 13.2 Å². The van der Waals surface area contributed by atoms with Crippen molar-refractivity contribution in [3.05, 3.63) is 12.3 Å². The predicted molar refractivity (Wildman–Crippen MR) is 52.9 cm³/mol. The van der Waals surface area contributed by atoms with Crippen molar-refractivity contribution in [1.29, 1.82) is 0 Å². The summed E-state index contributed by atoms with van der Waals surface area (Å²) in [5.41, 5.74) is 0. The molecule has 1 aromatic heterocycles. The van der Waals surface area contributed by atoms with Gasteiger partial charge in [0.2, 0.25) is 0 Å². The molecule has 0 aliphatic heterocycles. The number of nitrogens with zero attached hydrogens (tertiary/aromatic N) is 2. The molecule has 0 saturated carbocycles. The van der Waals surface area contributed by atoms with Crippen LogP contribution in [-0.4, -0.2) is 29.5 Å². The normalized spacial score (nSPS) is 10.8. The van der Waals surface area contributed by atoms with Crippen molar-refractivity contribution in [3.8, 4) is 0 Å². The lowest BCUT2D eigenvalue weighted by molar-refractivity contribution is 0.183. The van der Waals surface area contributed by atoms with Crippen LogP contribution in [0.5, 0.6) is 0 Å². The third kappa shape index (κ3) is 3.46. The van der Waals surface area contributed by atoms with Gasteiger partial charge in [-0.05, 0) is 13.8 Å². The number of hydrogen-bond donors (Lipinski definition) is 1. The number of rotatable bonds is 5. The first-order valence-electron chi connectivity index (χ1n) is 4.51. The second kappa shape index (κ2) is 4.87. The molecule has 0 aliphatic rings. The first-order valence-corrected chi connectivity index (χ1v) is 4.51. The molecule has 0 radical (unpaired) electrons. The summed E-state index contributed by atoms with van der Waals surface area (Å²) >= 11 is 0. The van der Waals surface area contributed by atoms with Gasteiger partial charge in [0.15, 0.2) is 0 Å². The molecule has 0 aliphatic carbocycles. The zero-order valence-corrected chi connectivity index (χ0v) is 8.45. The molecule has 1 rings (SSSR count). The van der Waals surface area contributed by atoms with Crippen molar-refractivity contribution in [3.63, 3.8) is 0 Å². The monoisotopic (exact) mass is 183 g/mol. The van der Waals surface area contributed by atoms with Crippen LogP contribution in [0.1, 0.15) is 13.8 Å². The predicted octanol–water partition coefficient (Wildman–Crippen LogP) is 1.35. The van der Waals surface area contributed by atoms with Gasteiger partial charge in [-0.3, -0.25) is 4.68 Å². The Kier molecular flexibility index (Phi) is 3.76. The van der Waals surface area contributed by atoms with Crippen molar-refractivity contribution in [2.24, 2.45) is 0 Å². The highest BCUT2D eigenvalue weighted by Crippen LogP contribution is 2.03. The molecule has 13 heavy (non-hydrogen) atoms. The van der Waals surface area contributed by atoms with E-state index in [-0.39, 0.29) is 0 Å².